The minimum Gasteiger partial charge on any atom is -0.338 e. The van der Waals surface area contributed by atoms with Gasteiger partial charge in [-0.05, 0) is 37.6 Å². The number of hydrogen-bond donors (Lipinski definition) is 0. The largest absolute Gasteiger partial charge is 0.338 e. The number of aromatic nitrogens is 2. The molecule has 1 aromatic heterocycles. The summed E-state index contributed by atoms with van der Waals surface area (Å²) in [4.78, 5) is 16.3. The van der Waals surface area contributed by atoms with E-state index in [-0.39, 0.29) is 0 Å². The monoisotopic (exact) mass is 337 g/mol. The third kappa shape index (κ3) is 4.17. The minimum absolute atomic E-state index is 0.742. The van der Waals surface area contributed by atoms with Crippen LogP contribution in [0.2, 0.25) is 0 Å². The second-order valence-corrected chi connectivity index (χ2v) is 7.06. The highest BCUT2D eigenvalue weighted by molar-refractivity contribution is 5.29. The third-order valence-corrected chi connectivity index (χ3v) is 5.47. The van der Waals surface area contributed by atoms with Crippen LogP contribution in [0.3, 0.4) is 0 Å². The van der Waals surface area contributed by atoms with E-state index < -0.39 is 0 Å². The van der Waals surface area contributed by atoms with E-state index in [2.05, 4.69) is 55.0 Å². The summed E-state index contributed by atoms with van der Waals surface area (Å²) >= 11 is 0. The maximum Gasteiger partial charge on any atom is 0.225 e. The van der Waals surface area contributed by atoms with E-state index in [0.29, 0.717) is 0 Å². The number of anilines is 1. The fourth-order valence-corrected chi connectivity index (χ4v) is 4.03. The standard InChI is InChI=1S/C20H27N5/c1-2-5-18(6-3-1)17-23-11-7-19(8-12-23)24-13-15-25(16-14-24)20-21-9-4-10-22-20/h1-6,9-10,19H,7-8,11-17H2. The fraction of sp³-hybridized carbons (Fsp3) is 0.500. The highest BCUT2D eigenvalue weighted by Crippen LogP contribution is 2.20. The number of likely N-dealkylation sites (tertiary alicyclic amines) is 1. The summed E-state index contributed by atoms with van der Waals surface area (Å²) in [6, 6.07) is 13.5. The quantitative estimate of drug-likeness (QED) is 0.855. The first-order valence-corrected chi connectivity index (χ1v) is 9.41. The zero-order chi connectivity index (χ0) is 16.9. The van der Waals surface area contributed by atoms with Gasteiger partial charge in [0.05, 0.1) is 0 Å². The van der Waals surface area contributed by atoms with Crippen molar-refractivity contribution < 1.29 is 0 Å². The first-order valence-electron chi connectivity index (χ1n) is 9.41. The Labute approximate surface area is 150 Å². The van der Waals surface area contributed by atoms with E-state index in [9.17, 15) is 0 Å². The van der Waals surface area contributed by atoms with Crippen molar-refractivity contribution in [1.82, 2.24) is 19.8 Å². The maximum atomic E-state index is 4.38. The Morgan fingerprint density at radius 3 is 2.16 bits per heavy atom. The molecule has 0 spiro atoms. The van der Waals surface area contributed by atoms with Crippen molar-refractivity contribution in [3.63, 3.8) is 0 Å². The van der Waals surface area contributed by atoms with Crippen LogP contribution in [-0.2, 0) is 6.54 Å². The van der Waals surface area contributed by atoms with Gasteiger partial charge in [-0.25, -0.2) is 9.97 Å². The van der Waals surface area contributed by atoms with Crippen molar-refractivity contribution in [3.05, 3.63) is 54.4 Å². The van der Waals surface area contributed by atoms with Gasteiger partial charge in [0.15, 0.2) is 0 Å². The normalized spacial score (nSPS) is 20.7. The van der Waals surface area contributed by atoms with E-state index in [1.165, 1.54) is 31.5 Å². The number of nitrogens with zero attached hydrogens (tertiary/aromatic N) is 5. The molecular formula is C20H27N5. The average Bonchev–Trinajstić information content (AvgIpc) is 2.70. The molecule has 25 heavy (non-hydrogen) atoms. The van der Waals surface area contributed by atoms with Gasteiger partial charge in [0.2, 0.25) is 5.95 Å². The van der Waals surface area contributed by atoms with Crippen LogP contribution in [0.15, 0.2) is 48.8 Å². The topological polar surface area (TPSA) is 35.5 Å². The second kappa shape index (κ2) is 7.93. The Kier molecular flexibility index (Phi) is 5.23. The summed E-state index contributed by atoms with van der Waals surface area (Å²) in [5, 5.41) is 0. The number of hydrogen-bond acceptors (Lipinski definition) is 5. The Morgan fingerprint density at radius 1 is 0.800 bits per heavy atom. The lowest BCUT2D eigenvalue weighted by molar-refractivity contribution is 0.0996. The van der Waals surface area contributed by atoms with Crippen LogP contribution in [0.4, 0.5) is 5.95 Å². The molecule has 2 aliphatic rings. The molecule has 0 aliphatic carbocycles. The Balaban J connectivity index is 1.24. The molecule has 2 saturated heterocycles. The zero-order valence-electron chi connectivity index (χ0n) is 14.8. The molecule has 0 saturated carbocycles. The van der Waals surface area contributed by atoms with Gasteiger partial charge in [-0.3, -0.25) is 9.80 Å². The molecule has 3 heterocycles. The Bertz CT molecular complexity index is 632. The van der Waals surface area contributed by atoms with Gasteiger partial charge in [-0.2, -0.15) is 0 Å². The highest BCUT2D eigenvalue weighted by Gasteiger charge is 2.28. The minimum atomic E-state index is 0.742. The van der Waals surface area contributed by atoms with Gasteiger partial charge in [0.25, 0.3) is 0 Å². The predicted molar refractivity (Wildman–Crippen MR) is 101 cm³/mol. The summed E-state index contributed by atoms with van der Waals surface area (Å²) in [5.74, 6) is 0.875. The number of piperidine rings is 1. The molecule has 1 aromatic carbocycles. The summed E-state index contributed by atoms with van der Waals surface area (Å²) in [5.41, 5.74) is 1.43. The van der Waals surface area contributed by atoms with E-state index >= 15 is 0 Å². The molecule has 0 amide bonds. The number of benzene rings is 1. The highest BCUT2D eigenvalue weighted by atomic mass is 15.3. The van der Waals surface area contributed by atoms with Crippen molar-refractivity contribution in [2.75, 3.05) is 44.2 Å². The lowest BCUT2D eigenvalue weighted by Crippen LogP contribution is -2.53. The van der Waals surface area contributed by atoms with Crippen molar-refractivity contribution in [1.29, 1.82) is 0 Å². The summed E-state index contributed by atoms with van der Waals surface area (Å²) in [6.07, 6.45) is 6.23. The van der Waals surface area contributed by atoms with Gasteiger partial charge in [-0.1, -0.05) is 30.3 Å². The van der Waals surface area contributed by atoms with Gasteiger partial charge < -0.3 is 4.90 Å². The van der Waals surface area contributed by atoms with Crippen molar-refractivity contribution in [2.24, 2.45) is 0 Å². The first-order chi connectivity index (χ1) is 12.4. The molecule has 0 atom stereocenters. The molecule has 2 fully saturated rings. The third-order valence-electron chi connectivity index (χ3n) is 5.47. The van der Waals surface area contributed by atoms with Crippen LogP contribution >= 0.6 is 0 Å². The van der Waals surface area contributed by atoms with E-state index in [4.69, 9.17) is 0 Å². The molecule has 4 rings (SSSR count). The predicted octanol–water partition coefficient (Wildman–Crippen LogP) is 2.26. The second-order valence-electron chi connectivity index (χ2n) is 7.06. The summed E-state index contributed by atoms with van der Waals surface area (Å²) in [6.45, 7) is 7.83. The summed E-state index contributed by atoms with van der Waals surface area (Å²) in [7, 11) is 0. The fourth-order valence-electron chi connectivity index (χ4n) is 4.03. The molecule has 5 nitrogen and oxygen atoms in total. The molecule has 0 unspecified atom stereocenters. The number of piperazine rings is 1. The van der Waals surface area contributed by atoms with E-state index in [1.54, 1.807) is 0 Å². The van der Waals surface area contributed by atoms with Crippen molar-refractivity contribution in [2.45, 2.75) is 25.4 Å². The molecule has 0 radical (unpaired) electrons. The van der Waals surface area contributed by atoms with Crippen LogP contribution in [0.5, 0.6) is 0 Å². The van der Waals surface area contributed by atoms with E-state index in [0.717, 1.165) is 44.7 Å². The SMILES string of the molecule is c1ccc(CN2CCC(N3CCN(c4ncccn4)CC3)CC2)cc1. The maximum absolute atomic E-state index is 4.38. The molecular weight excluding hydrogens is 310 g/mol. The Hall–Kier alpha value is -1.98. The molecule has 0 bridgehead atoms. The molecule has 0 N–H and O–H groups in total. The average molecular weight is 337 g/mol. The first kappa shape index (κ1) is 16.5. The zero-order valence-corrected chi connectivity index (χ0v) is 14.8. The van der Waals surface area contributed by atoms with E-state index in [1.807, 2.05) is 18.5 Å². The lowest BCUT2D eigenvalue weighted by Gasteiger charge is -2.42. The molecule has 2 aromatic rings. The molecule has 5 heteroatoms. The summed E-state index contributed by atoms with van der Waals surface area (Å²) < 4.78 is 0. The van der Waals surface area contributed by atoms with Crippen LogP contribution in [-0.4, -0.2) is 65.1 Å². The van der Waals surface area contributed by atoms with Crippen molar-refractivity contribution >= 4 is 5.95 Å². The van der Waals surface area contributed by atoms with Gasteiger partial charge >= 0.3 is 0 Å². The molecule has 132 valence electrons. The Morgan fingerprint density at radius 2 is 1.48 bits per heavy atom. The van der Waals surface area contributed by atoms with Gasteiger partial charge in [-0.15, -0.1) is 0 Å². The molecule has 2 aliphatic heterocycles. The van der Waals surface area contributed by atoms with Crippen LogP contribution in [0, 0.1) is 0 Å². The van der Waals surface area contributed by atoms with Crippen molar-refractivity contribution in [3.8, 4) is 0 Å². The van der Waals surface area contributed by atoms with Crippen LogP contribution in [0.25, 0.3) is 0 Å². The van der Waals surface area contributed by atoms with Crippen LogP contribution in [0.1, 0.15) is 18.4 Å². The van der Waals surface area contributed by atoms with Crippen LogP contribution < -0.4 is 4.90 Å². The number of rotatable bonds is 4. The van der Waals surface area contributed by atoms with Gasteiger partial charge in [0, 0.05) is 51.2 Å². The smallest absolute Gasteiger partial charge is 0.225 e. The van der Waals surface area contributed by atoms with Gasteiger partial charge in [0.1, 0.15) is 0 Å². The lowest BCUT2D eigenvalue weighted by atomic mass is 10.0.